The number of sulfonamides is 1. The van der Waals surface area contributed by atoms with Crippen LogP contribution in [0.3, 0.4) is 0 Å². The van der Waals surface area contributed by atoms with E-state index in [1.165, 1.54) is 20.2 Å². The molecule has 0 aliphatic heterocycles. The molecule has 0 radical (unpaired) electrons. The topological polar surface area (TPSA) is 104 Å². The molecule has 0 aliphatic carbocycles. The third kappa shape index (κ3) is 5.44. The van der Waals surface area contributed by atoms with Crippen molar-refractivity contribution in [3.63, 3.8) is 0 Å². The van der Waals surface area contributed by atoms with Gasteiger partial charge in [0.15, 0.2) is 0 Å². The summed E-state index contributed by atoms with van der Waals surface area (Å²) in [5, 5.41) is 5.82. The molecular formula is C22H25N5O3S. The molecule has 0 spiro atoms. The minimum atomic E-state index is -3.60. The Kier molecular flexibility index (Phi) is 6.67. The van der Waals surface area contributed by atoms with Crippen LogP contribution in [0.1, 0.15) is 11.4 Å². The third-order valence-electron chi connectivity index (χ3n) is 4.62. The monoisotopic (exact) mass is 439 g/mol. The summed E-state index contributed by atoms with van der Waals surface area (Å²) in [4.78, 5) is 21.1. The number of rotatable bonds is 7. The molecule has 1 amide bonds. The zero-order chi connectivity index (χ0) is 22.6. The molecule has 162 valence electrons. The van der Waals surface area contributed by atoms with E-state index in [2.05, 4.69) is 20.6 Å². The Bertz CT molecular complexity index is 1210. The second-order valence-corrected chi connectivity index (χ2v) is 9.36. The van der Waals surface area contributed by atoms with E-state index in [4.69, 9.17) is 0 Å². The van der Waals surface area contributed by atoms with Crippen LogP contribution in [0.25, 0.3) is 11.3 Å². The van der Waals surface area contributed by atoms with Crippen LogP contribution in [0.4, 0.5) is 11.4 Å². The van der Waals surface area contributed by atoms with Crippen LogP contribution < -0.4 is 10.6 Å². The van der Waals surface area contributed by atoms with Crippen LogP contribution >= 0.6 is 0 Å². The number of carbonyl (C=O) groups is 1. The van der Waals surface area contributed by atoms with Crippen molar-refractivity contribution in [3.05, 3.63) is 66.1 Å². The second kappa shape index (κ2) is 9.23. The molecule has 0 fully saturated rings. The molecule has 0 saturated carbocycles. The van der Waals surface area contributed by atoms with Crippen molar-refractivity contribution >= 4 is 27.3 Å². The Morgan fingerprint density at radius 1 is 1.03 bits per heavy atom. The van der Waals surface area contributed by atoms with E-state index >= 15 is 0 Å². The summed E-state index contributed by atoms with van der Waals surface area (Å²) in [6, 6.07) is 14.2. The summed E-state index contributed by atoms with van der Waals surface area (Å²) in [7, 11) is -0.653. The summed E-state index contributed by atoms with van der Waals surface area (Å²) in [5.41, 5.74) is 3.51. The third-order valence-corrected chi connectivity index (χ3v) is 6.58. The van der Waals surface area contributed by atoms with Gasteiger partial charge in [-0.15, -0.1) is 0 Å². The van der Waals surface area contributed by atoms with Crippen molar-refractivity contribution in [2.45, 2.75) is 18.7 Å². The Hall–Kier alpha value is -3.30. The first-order chi connectivity index (χ1) is 14.7. The van der Waals surface area contributed by atoms with Gasteiger partial charge in [-0.2, -0.15) is 0 Å². The number of nitrogens with zero attached hydrogens (tertiary/aromatic N) is 3. The molecule has 2 N–H and O–H groups in total. The maximum absolute atomic E-state index is 12.5. The number of aryl methyl sites for hydroxylation is 2. The van der Waals surface area contributed by atoms with Crippen molar-refractivity contribution < 1.29 is 13.2 Å². The number of anilines is 2. The number of hydrogen-bond acceptors (Lipinski definition) is 6. The average Bonchev–Trinajstić information content (AvgIpc) is 2.73. The fourth-order valence-electron chi connectivity index (χ4n) is 2.95. The Morgan fingerprint density at radius 3 is 2.52 bits per heavy atom. The van der Waals surface area contributed by atoms with Gasteiger partial charge in [0, 0.05) is 37.2 Å². The van der Waals surface area contributed by atoms with Crippen LogP contribution in [-0.4, -0.2) is 49.2 Å². The molecule has 0 saturated heterocycles. The maximum atomic E-state index is 12.5. The van der Waals surface area contributed by atoms with Crippen LogP contribution in [0.15, 0.2) is 59.6 Å². The van der Waals surface area contributed by atoms with Crippen LogP contribution in [0.5, 0.6) is 0 Å². The summed E-state index contributed by atoms with van der Waals surface area (Å²) < 4.78 is 26.1. The van der Waals surface area contributed by atoms with Crippen LogP contribution in [0.2, 0.25) is 0 Å². The van der Waals surface area contributed by atoms with Gasteiger partial charge < -0.3 is 10.6 Å². The summed E-state index contributed by atoms with van der Waals surface area (Å²) >= 11 is 0. The lowest BCUT2D eigenvalue weighted by Crippen LogP contribution is -2.24. The number of nitrogens with one attached hydrogen (secondary N) is 2. The Labute approximate surface area is 182 Å². The van der Waals surface area contributed by atoms with Gasteiger partial charge >= 0.3 is 0 Å². The number of amides is 1. The molecule has 0 unspecified atom stereocenters. The van der Waals surface area contributed by atoms with E-state index < -0.39 is 10.0 Å². The van der Waals surface area contributed by atoms with Crippen molar-refractivity contribution in [2.75, 3.05) is 31.3 Å². The molecule has 31 heavy (non-hydrogen) atoms. The van der Waals surface area contributed by atoms with Gasteiger partial charge in [-0.25, -0.2) is 22.7 Å². The Balaban J connectivity index is 1.68. The highest BCUT2D eigenvalue weighted by Gasteiger charge is 2.20. The number of aromatic nitrogens is 2. The van der Waals surface area contributed by atoms with Crippen molar-refractivity contribution in [1.29, 1.82) is 0 Å². The average molecular weight is 440 g/mol. The summed E-state index contributed by atoms with van der Waals surface area (Å²) in [6.07, 6.45) is 1.71. The first-order valence-corrected chi connectivity index (χ1v) is 11.1. The Morgan fingerprint density at radius 2 is 1.81 bits per heavy atom. The van der Waals surface area contributed by atoms with Crippen molar-refractivity contribution in [1.82, 2.24) is 14.3 Å². The summed E-state index contributed by atoms with van der Waals surface area (Å²) in [6.45, 7) is 3.57. The lowest BCUT2D eigenvalue weighted by atomic mass is 10.1. The predicted molar refractivity (Wildman–Crippen MR) is 121 cm³/mol. The maximum Gasteiger partial charge on any atom is 0.243 e. The lowest BCUT2D eigenvalue weighted by Gasteiger charge is -2.15. The lowest BCUT2D eigenvalue weighted by molar-refractivity contribution is -0.114. The fourth-order valence-corrected chi connectivity index (χ4v) is 4.09. The summed E-state index contributed by atoms with van der Waals surface area (Å²) in [5.74, 6) is 0.393. The van der Waals surface area contributed by atoms with Gasteiger partial charge in [-0.3, -0.25) is 4.79 Å². The van der Waals surface area contributed by atoms with Crippen LogP contribution in [-0.2, 0) is 14.8 Å². The largest absolute Gasteiger partial charge is 0.376 e. The molecule has 3 rings (SSSR count). The van der Waals surface area contributed by atoms with E-state index in [0.717, 1.165) is 21.2 Å². The van der Waals surface area contributed by atoms with Gasteiger partial charge in [0.25, 0.3) is 0 Å². The molecular weight excluding hydrogens is 414 g/mol. The molecule has 1 aromatic heterocycles. The molecule has 0 atom stereocenters. The zero-order valence-electron chi connectivity index (χ0n) is 17.9. The van der Waals surface area contributed by atoms with E-state index in [1.807, 2.05) is 37.3 Å². The van der Waals surface area contributed by atoms with E-state index in [-0.39, 0.29) is 17.3 Å². The molecule has 0 bridgehead atoms. The van der Waals surface area contributed by atoms with E-state index in [1.54, 1.807) is 25.3 Å². The van der Waals surface area contributed by atoms with E-state index in [9.17, 15) is 13.2 Å². The van der Waals surface area contributed by atoms with Gasteiger partial charge in [0.2, 0.25) is 15.9 Å². The van der Waals surface area contributed by atoms with Gasteiger partial charge in [0.05, 0.1) is 17.1 Å². The normalized spacial score (nSPS) is 11.4. The van der Waals surface area contributed by atoms with E-state index in [0.29, 0.717) is 17.1 Å². The highest BCUT2D eigenvalue weighted by molar-refractivity contribution is 7.89. The molecule has 9 heteroatoms. The first kappa shape index (κ1) is 22.4. The molecule has 3 aromatic rings. The minimum absolute atomic E-state index is 0.0237. The highest BCUT2D eigenvalue weighted by Crippen LogP contribution is 2.23. The molecule has 1 heterocycles. The van der Waals surface area contributed by atoms with Crippen molar-refractivity contribution in [2.24, 2.45) is 0 Å². The van der Waals surface area contributed by atoms with Gasteiger partial charge in [-0.05, 0) is 49.7 Å². The minimum Gasteiger partial charge on any atom is -0.376 e. The number of hydrogen-bond donors (Lipinski definition) is 2. The van der Waals surface area contributed by atoms with Crippen molar-refractivity contribution in [3.8, 4) is 11.3 Å². The quantitative estimate of drug-likeness (QED) is 0.586. The number of carbonyl (C=O) groups excluding carboxylic acids is 1. The van der Waals surface area contributed by atoms with Gasteiger partial charge in [0.1, 0.15) is 5.82 Å². The SMILES string of the molecule is Cc1nccc(-c2cccc(NCC(=O)Nc3ccc(C)c(S(=O)(=O)N(C)C)c3)c2)n1. The molecule has 8 nitrogen and oxygen atoms in total. The first-order valence-electron chi connectivity index (χ1n) is 9.64. The smallest absolute Gasteiger partial charge is 0.243 e. The van der Waals surface area contributed by atoms with Gasteiger partial charge in [-0.1, -0.05) is 18.2 Å². The fraction of sp³-hybridized carbons (Fsp3) is 0.227. The molecule has 2 aromatic carbocycles. The van der Waals surface area contributed by atoms with Crippen LogP contribution in [0, 0.1) is 13.8 Å². The second-order valence-electron chi connectivity index (χ2n) is 7.24. The molecule has 0 aliphatic rings. The number of benzene rings is 2. The zero-order valence-corrected chi connectivity index (χ0v) is 18.7. The highest BCUT2D eigenvalue weighted by atomic mass is 32.2. The standard InChI is InChI=1S/C22H25N5O3S/c1-15-8-9-19(13-21(15)31(29,30)27(3)4)26-22(28)14-24-18-7-5-6-17(12-18)20-10-11-23-16(2)25-20/h5-13,24H,14H2,1-4H3,(H,26,28). The predicted octanol–water partition coefficient (Wildman–Crippen LogP) is 3.06.